The van der Waals surface area contributed by atoms with Gasteiger partial charge in [0.1, 0.15) is 5.82 Å². The Morgan fingerprint density at radius 3 is 2.28 bits per heavy atom. The first-order chi connectivity index (χ1) is 8.63. The summed E-state index contributed by atoms with van der Waals surface area (Å²) in [7, 11) is 0. The number of pyridine rings is 1. The Morgan fingerprint density at radius 2 is 1.67 bits per heavy atom. The van der Waals surface area contributed by atoms with Crippen LogP contribution in [0.15, 0.2) is 42.6 Å². The van der Waals surface area contributed by atoms with E-state index in [0.29, 0.717) is 11.5 Å². The van der Waals surface area contributed by atoms with Crippen LogP contribution in [0.2, 0.25) is 0 Å². The van der Waals surface area contributed by atoms with Gasteiger partial charge in [-0.05, 0) is 31.2 Å². The fraction of sp³-hybridized carbons (Fsp3) is 0.0769. The smallest absolute Gasteiger partial charge is 0.323 e. The fourth-order valence-corrected chi connectivity index (χ4v) is 1.41. The van der Waals surface area contributed by atoms with Gasteiger partial charge in [0, 0.05) is 5.69 Å². The molecule has 5 heteroatoms. The molecule has 2 amide bonds. The van der Waals surface area contributed by atoms with Crippen molar-refractivity contribution in [3.8, 4) is 0 Å². The summed E-state index contributed by atoms with van der Waals surface area (Å²) in [5, 5.41) is 5.39. The maximum atomic E-state index is 11.7. The summed E-state index contributed by atoms with van der Waals surface area (Å²) in [6.45, 7) is 1.99. The lowest BCUT2D eigenvalue weighted by Crippen LogP contribution is -2.19. The third-order valence-corrected chi connectivity index (χ3v) is 2.35. The standard InChI is InChI=1S/C13H14N4O/c1-9-2-4-10(5-3-9)16-13(18)17-11-6-7-12(14)15-8-11/h2-8H,1H3,(H2,14,15)(H2,16,17,18). The third kappa shape index (κ3) is 3.21. The molecule has 0 aliphatic rings. The van der Waals surface area contributed by atoms with Crippen LogP contribution in [0.5, 0.6) is 0 Å². The molecule has 0 atom stereocenters. The number of aryl methyl sites for hydroxylation is 1. The summed E-state index contributed by atoms with van der Waals surface area (Å²) in [4.78, 5) is 15.6. The Bertz CT molecular complexity index is 484. The average Bonchev–Trinajstić information content (AvgIpc) is 2.35. The minimum absolute atomic E-state index is 0.314. The van der Waals surface area contributed by atoms with E-state index in [1.54, 1.807) is 12.1 Å². The molecule has 0 fully saturated rings. The SMILES string of the molecule is Cc1ccc(NC(=O)Nc2ccc(N)nc2)cc1. The zero-order valence-corrected chi connectivity index (χ0v) is 9.97. The largest absolute Gasteiger partial charge is 0.384 e. The Morgan fingerprint density at radius 1 is 1.06 bits per heavy atom. The fourth-order valence-electron chi connectivity index (χ4n) is 1.41. The number of nitrogen functional groups attached to an aromatic ring is 1. The molecule has 2 aromatic rings. The monoisotopic (exact) mass is 242 g/mol. The van der Waals surface area contributed by atoms with Gasteiger partial charge in [0.25, 0.3) is 0 Å². The molecule has 0 saturated carbocycles. The van der Waals surface area contributed by atoms with Gasteiger partial charge < -0.3 is 16.4 Å². The summed E-state index contributed by atoms with van der Waals surface area (Å²) in [6.07, 6.45) is 1.50. The lowest BCUT2D eigenvalue weighted by molar-refractivity contribution is 0.262. The van der Waals surface area contributed by atoms with Crippen molar-refractivity contribution < 1.29 is 4.79 Å². The van der Waals surface area contributed by atoms with E-state index in [9.17, 15) is 4.79 Å². The number of nitrogens with one attached hydrogen (secondary N) is 2. The van der Waals surface area contributed by atoms with Crippen molar-refractivity contribution in [3.63, 3.8) is 0 Å². The molecule has 0 unspecified atom stereocenters. The number of hydrogen-bond donors (Lipinski definition) is 3. The van der Waals surface area contributed by atoms with Gasteiger partial charge in [-0.1, -0.05) is 17.7 Å². The minimum Gasteiger partial charge on any atom is -0.384 e. The molecule has 0 aliphatic carbocycles. The van der Waals surface area contributed by atoms with Gasteiger partial charge in [0.05, 0.1) is 11.9 Å². The van der Waals surface area contributed by atoms with Crippen molar-refractivity contribution in [3.05, 3.63) is 48.2 Å². The van der Waals surface area contributed by atoms with Crippen molar-refractivity contribution in [1.29, 1.82) is 0 Å². The molecule has 1 aromatic heterocycles. The van der Waals surface area contributed by atoms with E-state index >= 15 is 0 Å². The van der Waals surface area contributed by atoms with Crippen LogP contribution in [0.4, 0.5) is 22.0 Å². The van der Waals surface area contributed by atoms with Crippen LogP contribution in [-0.2, 0) is 0 Å². The van der Waals surface area contributed by atoms with E-state index in [4.69, 9.17) is 5.73 Å². The molecule has 5 nitrogen and oxygen atoms in total. The third-order valence-electron chi connectivity index (χ3n) is 2.35. The van der Waals surface area contributed by atoms with Gasteiger partial charge in [-0.3, -0.25) is 0 Å². The van der Waals surface area contributed by atoms with E-state index in [0.717, 1.165) is 11.3 Å². The van der Waals surface area contributed by atoms with E-state index in [1.807, 2.05) is 31.2 Å². The molecule has 0 bridgehead atoms. The van der Waals surface area contributed by atoms with E-state index < -0.39 is 0 Å². The maximum Gasteiger partial charge on any atom is 0.323 e. The van der Waals surface area contributed by atoms with Crippen molar-refractivity contribution in [2.45, 2.75) is 6.92 Å². The van der Waals surface area contributed by atoms with Crippen LogP contribution in [-0.4, -0.2) is 11.0 Å². The van der Waals surface area contributed by atoms with E-state index in [2.05, 4.69) is 15.6 Å². The van der Waals surface area contributed by atoms with Crippen LogP contribution in [0, 0.1) is 6.92 Å². The summed E-state index contributed by atoms with van der Waals surface area (Å²) in [5.41, 5.74) is 7.93. The number of nitrogens with zero attached hydrogens (tertiary/aromatic N) is 1. The average molecular weight is 242 g/mol. The highest BCUT2D eigenvalue weighted by atomic mass is 16.2. The summed E-state index contributed by atoms with van der Waals surface area (Å²) >= 11 is 0. The highest BCUT2D eigenvalue weighted by molar-refractivity contribution is 5.99. The highest BCUT2D eigenvalue weighted by Crippen LogP contribution is 2.10. The number of aromatic nitrogens is 1. The molecule has 92 valence electrons. The van der Waals surface area contributed by atoms with Crippen LogP contribution in [0.25, 0.3) is 0 Å². The Labute approximate surface area is 105 Å². The van der Waals surface area contributed by atoms with Crippen LogP contribution >= 0.6 is 0 Å². The first kappa shape index (κ1) is 11.9. The zero-order chi connectivity index (χ0) is 13.0. The second-order valence-electron chi connectivity index (χ2n) is 3.92. The molecular weight excluding hydrogens is 228 g/mol. The number of rotatable bonds is 2. The first-order valence-corrected chi connectivity index (χ1v) is 5.50. The van der Waals surface area contributed by atoms with Gasteiger partial charge in [-0.2, -0.15) is 0 Å². The number of amides is 2. The second-order valence-corrected chi connectivity index (χ2v) is 3.92. The number of carbonyl (C=O) groups excluding carboxylic acids is 1. The molecule has 0 radical (unpaired) electrons. The van der Waals surface area contributed by atoms with E-state index in [1.165, 1.54) is 6.20 Å². The molecule has 0 spiro atoms. The van der Waals surface area contributed by atoms with Crippen molar-refractivity contribution in [2.75, 3.05) is 16.4 Å². The van der Waals surface area contributed by atoms with Gasteiger partial charge >= 0.3 is 6.03 Å². The molecule has 4 N–H and O–H groups in total. The molecule has 1 heterocycles. The molecule has 18 heavy (non-hydrogen) atoms. The quantitative estimate of drug-likeness (QED) is 0.757. The molecule has 1 aromatic carbocycles. The van der Waals surface area contributed by atoms with Gasteiger partial charge in [-0.25, -0.2) is 9.78 Å². The highest BCUT2D eigenvalue weighted by Gasteiger charge is 2.02. The number of carbonyl (C=O) groups is 1. The maximum absolute atomic E-state index is 11.7. The first-order valence-electron chi connectivity index (χ1n) is 5.50. The van der Waals surface area contributed by atoms with Gasteiger partial charge in [-0.15, -0.1) is 0 Å². The summed E-state index contributed by atoms with van der Waals surface area (Å²) < 4.78 is 0. The lowest BCUT2D eigenvalue weighted by atomic mass is 10.2. The van der Waals surface area contributed by atoms with Crippen molar-refractivity contribution in [1.82, 2.24) is 4.98 Å². The van der Waals surface area contributed by atoms with Crippen LogP contribution in [0.1, 0.15) is 5.56 Å². The lowest BCUT2D eigenvalue weighted by Gasteiger charge is -2.07. The predicted octanol–water partition coefficient (Wildman–Crippen LogP) is 2.62. The van der Waals surface area contributed by atoms with Crippen molar-refractivity contribution in [2.24, 2.45) is 0 Å². The predicted molar refractivity (Wildman–Crippen MR) is 72.5 cm³/mol. The van der Waals surface area contributed by atoms with Gasteiger partial charge in [0.15, 0.2) is 0 Å². The Kier molecular flexibility index (Phi) is 3.43. The zero-order valence-electron chi connectivity index (χ0n) is 9.97. The molecule has 0 aliphatic heterocycles. The topological polar surface area (TPSA) is 80.0 Å². The number of urea groups is 1. The summed E-state index contributed by atoms with van der Waals surface area (Å²) in [5.74, 6) is 0.416. The molecular formula is C13H14N4O. The number of nitrogens with two attached hydrogens (primary N) is 1. The van der Waals surface area contributed by atoms with Gasteiger partial charge in [0.2, 0.25) is 0 Å². The molecule has 0 saturated heterocycles. The second kappa shape index (κ2) is 5.18. The summed E-state index contributed by atoms with van der Waals surface area (Å²) in [6, 6.07) is 10.6. The Hall–Kier alpha value is -2.56. The normalized spacial score (nSPS) is 9.83. The van der Waals surface area contributed by atoms with Crippen molar-refractivity contribution >= 4 is 23.2 Å². The van der Waals surface area contributed by atoms with E-state index in [-0.39, 0.29) is 6.03 Å². The van der Waals surface area contributed by atoms with Crippen LogP contribution in [0.3, 0.4) is 0 Å². The van der Waals surface area contributed by atoms with Crippen LogP contribution < -0.4 is 16.4 Å². The minimum atomic E-state index is -0.314. The molecule has 2 rings (SSSR count). The number of anilines is 3. The Balaban J connectivity index is 1.96. The number of benzene rings is 1. The number of hydrogen-bond acceptors (Lipinski definition) is 3.